The van der Waals surface area contributed by atoms with Gasteiger partial charge in [-0.2, -0.15) is 0 Å². The zero-order valence-electron chi connectivity index (χ0n) is 24.5. The second kappa shape index (κ2) is 10.6. The maximum Gasteiger partial charge on any atom is 0.227 e. The summed E-state index contributed by atoms with van der Waals surface area (Å²) in [6.45, 7) is 0. The first kappa shape index (κ1) is 26.0. The Balaban J connectivity index is 1.18. The maximum atomic E-state index is 6.40. The van der Waals surface area contributed by atoms with Crippen LogP contribution in [0.2, 0.25) is 0 Å². The van der Waals surface area contributed by atoms with Gasteiger partial charge in [0.15, 0.2) is 23.1 Å². The van der Waals surface area contributed by atoms with Crippen molar-refractivity contribution in [3.63, 3.8) is 0 Å². The number of nitrogens with zero attached hydrogens (tertiary/aromatic N) is 4. The van der Waals surface area contributed by atoms with Crippen molar-refractivity contribution >= 4 is 33.0 Å². The van der Waals surface area contributed by atoms with Crippen LogP contribution >= 0.6 is 0 Å². The van der Waals surface area contributed by atoms with E-state index >= 15 is 0 Å². The number of aromatic nitrogens is 4. The zero-order valence-corrected chi connectivity index (χ0v) is 24.5. The molecule has 0 bridgehead atoms. The van der Waals surface area contributed by atoms with Crippen LogP contribution in [-0.4, -0.2) is 19.9 Å². The van der Waals surface area contributed by atoms with Gasteiger partial charge in [0.05, 0.1) is 0 Å². The van der Waals surface area contributed by atoms with Crippen LogP contribution in [0.15, 0.2) is 154 Å². The van der Waals surface area contributed by atoms with E-state index in [0.29, 0.717) is 28.9 Å². The lowest BCUT2D eigenvalue weighted by atomic mass is 9.99. The average Bonchev–Trinajstić information content (AvgIpc) is 3.73. The summed E-state index contributed by atoms with van der Waals surface area (Å²) in [7, 11) is 0. The third-order valence-corrected chi connectivity index (χ3v) is 8.17. The van der Waals surface area contributed by atoms with E-state index in [9.17, 15) is 0 Å². The molecule has 6 nitrogen and oxygen atoms in total. The van der Waals surface area contributed by atoms with E-state index in [4.69, 9.17) is 28.8 Å². The van der Waals surface area contributed by atoms with Crippen LogP contribution in [0, 0.1) is 0 Å². The molecule has 216 valence electrons. The standard InChI is InChI=1S/C40H24N4O2/c1-4-11-25(12-5-1)30-17-10-18-33-36(30)31-21-19-28(23-34(31)45-33)38-42-37(26-13-6-2-7-14-26)43-39(44-38)29-20-22-32-35(24-29)46-40(41-32)27-15-8-3-9-16-27/h1-24H. The van der Waals surface area contributed by atoms with Gasteiger partial charge >= 0.3 is 0 Å². The summed E-state index contributed by atoms with van der Waals surface area (Å²) in [5.74, 6) is 2.25. The Bertz CT molecular complexity index is 2520. The lowest BCUT2D eigenvalue weighted by Crippen LogP contribution is -2.00. The normalized spacial score (nSPS) is 11.5. The molecule has 9 aromatic rings. The van der Waals surface area contributed by atoms with E-state index < -0.39 is 0 Å². The molecule has 0 aliphatic carbocycles. The fraction of sp³-hybridized carbons (Fsp3) is 0. The Morgan fingerprint density at radius 2 is 0.957 bits per heavy atom. The highest BCUT2D eigenvalue weighted by Gasteiger charge is 2.17. The average molecular weight is 593 g/mol. The van der Waals surface area contributed by atoms with E-state index in [0.717, 1.165) is 60.8 Å². The minimum Gasteiger partial charge on any atom is -0.456 e. The molecule has 0 radical (unpaired) electrons. The number of rotatable bonds is 5. The molecule has 46 heavy (non-hydrogen) atoms. The molecular formula is C40H24N4O2. The molecule has 0 saturated carbocycles. The number of oxazole rings is 1. The molecule has 3 heterocycles. The Morgan fingerprint density at radius 1 is 0.370 bits per heavy atom. The van der Waals surface area contributed by atoms with Gasteiger partial charge in [-0.05, 0) is 59.7 Å². The smallest absolute Gasteiger partial charge is 0.227 e. The second-order valence-corrected chi connectivity index (χ2v) is 11.1. The molecule has 0 saturated heterocycles. The number of fused-ring (bicyclic) bond motifs is 4. The summed E-state index contributed by atoms with van der Waals surface area (Å²) in [4.78, 5) is 19.5. The summed E-state index contributed by atoms with van der Waals surface area (Å²) in [6, 6.07) is 48.4. The van der Waals surface area contributed by atoms with Gasteiger partial charge in [0.25, 0.3) is 0 Å². The van der Waals surface area contributed by atoms with Crippen LogP contribution in [0.5, 0.6) is 0 Å². The van der Waals surface area contributed by atoms with Gasteiger partial charge in [-0.25, -0.2) is 19.9 Å². The number of hydrogen-bond acceptors (Lipinski definition) is 6. The predicted octanol–water partition coefficient (Wildman–Crippen LogP) is 10.2. The van der Waals surface area contributed by atoms with Crippen molar-refractivity contribution in [2.24, 2.45) is 0 Å². The topological polar surface area (TPSA) is 77.8 Å². The van der Waals surface area contributed by atoms with Crippen LogP contribution < -0.4 is 0 Å². The predicted molar refractivity (Wildman–Crippen MR) is 182 cm³/mol. The first-order valence-corrected chi connectivity index (χ1v) is 15.1. The molecule has 0 N–H and O–H groups in total. The van der Waals surface area contributed by atoms with E-state index in [-0.39, 0.29) is 0 Å². The second-order valence-electron chi connectivity index (χ2n) is 11.1. The van der Waals surface area contributed by atoms with E-state index in [1.54, 1.807) is 0 Å². The van der Waals surface area contributed by atoms with Crippen molar-refractivity contribution in [2.75, 3.05) is 0 Å². The Kier molecular flexibility index (Phi) is 6.03. The third-order valence-electron chi connectivity index (χ3n) is 8.17. The van der Waals surface area contributed by atoms with Crippen molar-refractivity contribution in [3.8, 4) is 56.7 Å². The third kappa shape index (κ3) is 4.52. The number of hydrogen-bond donors (Lipinski definition) is 0. The van der Waals surface area contributed by atoms with Crippen LogP contribution in [0.4, 0.5) is 0 Å². The van der Waals surface area contributed by atoms with Crippen molar-refractivity contribution in [2.45, 2.75) is 0 Å². The summed E-state index contributed by atoms with van der Waals surface area (Å²) in [6.07, 6.45) is 0. The first-order valence-electron chi connectivity index (χ1n) is 15.1. The summed E-state index contributed by atoms with van der Waals surface area (Å²) < 4.78 is 12.6. The van der Waals surface area contributed by atoms with Crippen molar-refractivity contribution in [3.05, 3.63) is 146 Å². The van der Waals surface area contributed by atoms with Gasteiger partial charge < -0.3 is 8.83 Å². The van der Waals surface area contributed by atoms with Crippen molar-refractivity contribution < 1.29 is 8.83 Å². The SMILES string of the molecule is c1ccc(-c2nc(-c3ccc4nc(-c5ccccc5)oc4c3)nc(-c3ccc4c(c3)oc3cccc(-c5ccccc5)c34)n2)cc1. The molecule has 0 spiro atoms. The number of benzene rings is 6. The van der Waals surface area contributed by atoms with Gasteiger partial charge in [0.1, 0.15) is 16.7 Å². The van der Waals surface area contributed by atoms with Crippen LogP contribution in [-0.2, 0) is 0 Å². The zero-order chi connectivity index (χ0) is 30.5. The molecule has 0 fully saturated rings. The van der Waals surface area contributed by atoms with Crippen LogP contribution in [0.3, 0.4) is 0 Å². The Hall–Kier alpha value is -6.40. The van der Waals surface area contributed by atoms with E-state index in [2.05, 4.69) is 42.5 Å². The lowest BCUT2D eigenvalue weighted by molar-refractivity contribution is 0.620. The summed E-state index contributed by atoms with van der Waals surface area (Å²) >= 11 is 0. The quantitative estimate of drug-likeness (QED) is 0.198. The molecule has 6 aromatic carbocycles. The van der Waals surface area contributed by atoms with E-state index in [1.165, 1.54) is 0 Å². The minimum absolute atomic E-state index is 0.541. The van der Waals surface area contributed by atoms with Gasteiger partial charge in [0.2, 0.25) is 5.89 Å². The van der Waals surface area contributed by atoms with E-state index in [1.807, 2.05) is 103 Å². The lowest BCUT2D eigenvalue weighted by Gasteiger charge is -2.08. The molecule has 0 atom stereocenters. The Morgan fingerprint density at radius 3 is 1.65 bits per heavy atom. The highest BCUT2D eigenvalue weighted by Crippen LogP contribution is 2.38. The van der Waals surface area contributed by atoms with Crippen molar-refractivity contribution in [1.82, 2.24) is 19.9 Å². The molecule has 0 unspecified atom stereocenters. The minimum atomic E-state index is 0.541. The molecule has 0 amide bonds. The van der Waals surface area contributed by atoms with Gasteiger partial charge in [-0.15, -0.1) is 0 Å². The largest absolute Gasteiger partial charge is 0.456 e. The highest BCUT2D eigenvalue weighted by atomic mass is 16.3. The van der Waals surface area contributed by atoms with Crippen LogP contribution in [0.25, 0.3) is 89.8 Å². The first-order chi connectivity index (χ1) is 22.8. The fourth-order valence-electron chi connectivity index (χ4n) is 5.94. The maximum absolute atomic E-state index is 6.40. The van der Waals surface area contributed by atoms with Crippen LogP contribution in [0.1, 0.15) is 0 Å². The molecule has 0 aliphatic rings. The monoisotopic (exact) mass is 592 g/mol. The van der Waals surface area contributed by atoms with Gasteiger partial charge in [0, 0.05) is 33.0 Å². The fourth-order valence-corrected chi connectivity index (χ4v) is 5.94. The van der Waals surface area contributed by atoms with Gasteiger partial charge in [-0.3, -0.25) is 0 Å². The Labute approximate surface area is 263 Å². The summed E-state index contributed by atoms with van der Waals surface area (Å²) in [5, 5.41) is 2.13. The highest BCUT2D eigenvalue weighted by molar-refractivity contribution is 6.13. The molecular weight excluding hydrogens is 568 g/mol. The molecule has 6 heteroatoms. The molecule has 9 rings (SSSR count). The number of furan rings is 1. The van der Waals surface area contributed by atoms with Crippen molar-refractivity contribution in [1.29, 1.82) is 0 Å². The molecule has 0 aliphatic heterocycles. The summed E-state index contributed by atoms with van der Waals surface area (Å²) in [5.41, 5.74) is 8.79. The molecule has 3 aromatic heterocycles. The van der Waals surface area contributed by atoms with Gasteiger partial charge in [-0.1, -0.05) is 97.1 Å².